The molecule has 0 bridgehead atoms. The summed E-state index contributed by atoms with van der Waals surface area (Å²) >= 11 is 0. The van der Waals surface area contributed by atoms with Gasteiger partial charge in [-0.1, -0.05) is 32.8 Å². The third-order valence-electron chi connectivity index (χ3n) is 5.87. The molecule has 0 aromatic heterocycles. The minimum absolute atomic E-state index is 0.0577. The van der Waals surface area contributed by atoms with E-state index in [0.29, 0.717) is 47.9 Å². The highest BCUT2D eigenvalue weighted by molar-refractivity contribution is 6.46. The van der Waals surface area contributed by atoms with Crippen molar-refractivity contribution in [1.82, 2.24) is 4.90 Å². The number of aliphatic hydroxyl groups is 1. The molecule has 1 atom stereocenters. The fraction of sp³-hybridized carbons (Fsp3) is 0.407. The number of carbonyl (C=O) groups is 2. The van der Waals surface area contributed by atoms with Crippen molar-refractivity contribution in [2.75, 3.05) is 27.4 Å². The van der Waals surface area contributed by atoms with Crippen molar-refractivity contribution in [3.63, 3.8) is 0 Å². The van der Waals surface area contributed by atoms with E-state index in [9.17, 15) is 14.7 Å². The van der Waals surface area contributed by atoms with Crippen LogP contribution in [0.5, 0.6) is 17.2 Å². The van der Waals surface area contributed by atoms with Gasteiger partial charge in [-0.05, 0) is 54.8 Å². The largest absolute Gasteiger partial charge is 0.507 e. The Morgan fingerprint density at radius 3 is 2.26 bits per heavy atom. The van der Waals surface area contributed by atoms with E-state index in [4.69, 9.17) is 14.2 Å². The van der Waals surface area contributed by atoms with Crippen molar-refractivity contribution in [3.8, 4) is 17.2 Å². The Morgan fingerprint density at radius 1 is 0.941 bits per heavy atom. The van der Waals surface area contributed by atoms with Gasteiger partial charge >= 0.3 is 0 Å². The molecule has 1 amide bonds. The number of methoxy groups -OCH3 is 2. The van der Waals surface area contributed by atoms with Crippen molar-refractivity contribution >= 4 is 17.4 Å². The molecular weight excluding hydrogens is 434 g/mol. The molecule has 2 aromatic rings. The van der Waals surface area contributed by atoms with E-state index < -0.39 is 17.7 Å². The highest BCUT2D eigenvalue weighted by Gasteiger charge is 2.45. The number of Topliss-reactive ketones (excluding diaryl/α,β-unsaturated/α-hetero) is 1. The number of hydrogen-bond donors (Lipinski definition) is 1. The van der Waals surface area contributed by atoms with Crippen molar-refractivity contribution in [2.45, 2.75) is 45.6 Å². The molecule has 2 aromatic carbocycles. The third-order valence-corrected chi connectivity index (χ3v) is 5.87. The Balaban J connectivity index is 2.01. The van der Waals surface area contributed by atoms with Gasteiger partial charge in [0.2, 0.25) is 0 Å². The Bertz CT molecular complexity index is 1040. The van der Waals surface area contributed by atoms with Gasteiger partial charge in [0, 0.05) is 12.1 Å². The minimum atomic E-state index is -0.732. The molecule has 1 saturated heterocycles. The molecule has 1 N–H and O–H groups in total. The minimum Gasteiger partial charge on any atom is -0.507 e. The summed E-state index contributed by atoms with van der Waals surface area (Å²) in [5.74, 6) is 0.161. The Labute approximate surface area is 200 Å². The average Bonchev–Trinajstić information content (AvgIpc) is 3.11. The summed E-state index contributed by atoms with van der Waals surface area (Å²) in [7, 11) is 3.06. The van der Waals surface area contributed by atoms with Crippen LogP contribution >= 0.6 is 0 Å². The van der Waals surface area contributed by atoms with Gasteiger partial charge in [-0.2, -0.15) is 0 Å². The van der Waals surface area contributed by atoms with E-state index in [0.717, 1.165) is 19.3 Å². The predicted molar refractivity (Wildman–Crippen MR) is 130 cm³/mol. The molecule has 182 valence electrons. The van der Waals surface area contributed by atoms with Gasteiger partial charge in [0.1, 0.15) is 11.5 Å². The molecule has 0 saturated carbocycles. The molecule has 0 aliphatic carbocycles. The van der Waals surface area contributed by atoms with Crippen LogP contribution in [-0.4, -0.2) is 49.1 Å². The SMILES string of the molecule is CCCCCOc1ccc(/C(O)=C2/C(=O)C(=O)N(CCC)C2c2ccc(OC)c(OC)c2)cc1. The summed E-state index contributed by atoms with van der Waals surface area (Å²) < 4.78 is 16.5. The van der Waals surface area contributed by atoms with Gasteiger partial charge in [0.05, 0.1) is 32.4 Å². The Kier molecular flexibility index (Phi) is 8.57. The van der Waals surface area contributed by atoms with Crippen molar-refractivity contribution in [3.05, 3.63) is 59.2 Å². The molecule has 1 unspecified atom stereocenters. The van der Waals surface area contributed by atoms with E-state index in [1.807, 2.05) is 6.92 Å². The van der Waals surface area contributed by atoms with Gasteiger partial charge in [-0.25, -0.2) is 0 Å². The number of benzene rings is 2. The number of ether oxygens (including phenoxy) is 3. The van der Waals surface area contributed by atoms with Gasteiger partial charge in [0.15, 0.2) is 11.5 Å². The van der Waals surface area contributed by atoms with Crippen LogP contribution in [0, 0.1) is 0 Å². The lowest BCUT2D eigenvalue weighted by Gasteiger charge is -2.25. The number of hydrogen-bond acceptors (Lipinski definition) is 6. The first-order valence-electron chi connectivity index (χ1n) is 11.7. The Hall–Kier alpha value is -3.48. The second-order valence-electron chi connectivity index (χ2n) is 8.19. The van der Waals surface area contributed by atoms with E-state index in [-0.39, 0.29) is 11.3 Å². The first kappa shape index (κ1) is 25.1. The number of amides is 1. The summed E-state index contributed by atoms with van der Waals surface area (Å²) in [5.41, 5.74) is 1.16. The number of rotatable bonds is 11. The summed E-state index contributed by atoms with van der Waals surface area (Å²) in [6.45, 7) is 5.08. The second-order valence-corrected chi connectivity index (χ2v) is 8.19. The third kappa shape index (κ3) is 5.19. The normalized spacial score (nSPS) is 17.2. The summed E-state index contributed by atoms with van der Waals surface area (Å²) in [4.78, 5) is 27.4. The molecule has 1 fully saturated rings. The van der Waals surface area contributed by atoms with E-state index in [2.05, 4.69) is 6.92 Å². The molecule has 1 heterocycles. The highest BCUT2D eigenvalue weighted by atomic mass is 16.5. The van der Waals surface area contributed by atoms with Crippen LogP contribution in [-0.2, 0) is 9.59 Å². The molecule has 34 heavy (non-hydrogen) atoms. The number of aliphatic hydroxyl groups excluding tert-OH is 1. The van der Waals surface area contributed by atoms with Gasteiger partial charge in [0.25, 0.3) is 11.7 Å². The first-order chi connectivity index (χ1) is 16.5. The fourth-order valence-electron chi connectivity index (χ4n) is 4.13. The number of ketones is 1. The van der Waals surface area contributed by atoms with Crippen LogP contribution in [0.2, 0.25) is 0 Å². The zero-order valence-electron chi connectivity index (χ0n) is 20.3. The number of carbonyl (C=O) groups excluding carboxylic acids is 2. The average molecular weight is 468 g/mol. The molecule has 1 aliphatic heterocycles. The molecule has 3 rings (SSSR count). The van der Waals surface area contributed by atoms with Crippen LogP contribution in [0.1, 0.15) is 56.7 Å². The van der Waals surface area contributed by atoms with Crippen LogP contribution in [0.25, 0.3) is 5.76 Å². The monoisotopic (exact) mass is 467 g/mol. The van der Waals surface area contributed by atoms with Crippen molar-refractivity contribution in [2.24, 2.45) is 0 Å². The van der Waals surface area contributed by atoms with Gasteiger partial charge in [-0.3, -0.25) is 9.59 Å². The number of likely N-dealkylation sites (tertiary alicyclic amines) is 1. The quantitative estimate of drug-likeness (QED) is 0.214. The van der Waals surface area contributed by atoms with Crippen LogP contribution in [0.4, 0.5) is 0 Å². The molecular formula is C27H33NO6. The zero-order chi connectivity index (χ0) is 24.7. The van der Waals surface area contributed by atoms with E-state index in [1.54, 1.807) is 42.5 Å². The van der Waals surface area contributed by atoms with Crippen molar-refractivity contribution < 1.29 is 28.9 Å². The molecule has 1 aliphatic rings. The maximum Gasteiger partial charge on any atom is 0.295 e. The number of nitrogens with zero attached hydrogens (tertiary/aromatic N) is 1. The van der Waals surface area contributed by atoms with Crippen molar-refractivity contribution in [1.29, 1.82) is 0 Å². The van der Waals surface area contributed by atoms with Crippen LogP contribution in [0.3, 0.4) is 0 Å². The lowest BCUT2D eigenvalue weighted by atomic mass is 9.95. The Morgan fingerprint density at radius 2 is 1.65 bits per heavy atom. The van der Waals surface area contributed by atoms with Gasteiger partial charge in [-0.15, -0.1) is 0 Å². The van der Waals surface area contributed by atoms with E-state index >= 15 is 0 Å². The standard InChI is InChI=1S/C27H33NO6/c1-5-7-8-16-34-20-12-9-18(10-13-20)25(29)23-24(28(15-6-2)27(31)26(23)30)19-11-14-21(32-3)22(17-19)33-4/h9-14,17,24,29H,5-8,15-16H2,1-4H3/b25-23-. The summed E-state index contributed by atoms with van der Waals surface area (Å²) in [6, 6.07) is 11.4. The second kappa shape index (κ2) is 11.6. The first-order valence-corrected chi connectivity index (χ1v) is 11.7. The topological polar surface area (TPSA) is 85.3 Å². The number of unbranched alkanes of at least 4 members (excludes halogenated alkanes) is 2. The smallest absolute Gasteiger partial charge is 0.295 e. The predicted octanol–water partition coefficient (Wildman–Crippen LogP) is 5.10. The zero-order valence-corrected chi connectivity index (χ0v) is 20.3. The lowest BCUT2D eigenvalue weighted by molar-refractivity contribution is -0.139. The fourth-order valence-corrected chi connectivity index (χ4v) is 4.13. The molecule has 7 nitrogen and oxygen atoms in total. The lowest BCUT2D eigenvalue weighted by Crippen LogP contribution is -2.30. The van der Waals surface area contributed by atoms with Crippen LogP contribution < -0.4 is 14.2 Å². The summed E-state index contributed by atoms with van der Waals surface area (Å²) in [6.07, 6.45) is 3.87. The van der Waals surface area contributed by atoms with Gasteiger partial charge < -0.3 is 24.2 Å². The maximum absolute atomic E-state index is 13.0. The maximum atomic E-state index is 13.0. The molecule has 0 spiro atoms. The van der Waals surface area contributed by atoms with Crippen LogP contribution in [0.15, 0.2) is 48.0 Å². The molecule has 7 heteroatoms. The molecule has 0 radical (unpaired) electrons. The highest BCUT2D eigenvalue weighted by Crippen LogP contribution is 2.42. The van der Waals surface area contributed by atoms with E-state index in [1.165, 1.54) is 19.1 Å². The summed E-state index contributed by atoms with van der Waals surface area (Å²) in [5, 5.41) is 11.2.